The van der Waals surface area contributed by atoms with Crippen LogP contribution in [0.5, 0.6) is 0 Å². The molecule has 0 saturated heterocycles. The van der Waals surface area contributed by atoms with E-state index in [9.17, 15) is 0 Å². The summed E-state index contributed by atoms with van der Waals surface area (Å²) in [5.74, 6) is 0. The van der Waals surface area contributed by atoms with Crippen LogP contribution >= 0.6 is 18.8 Å². The highest BCUT2D eigenvalue weighted by atomic mass is 31.0. The average Bonchev–Trinajstić information content (AvgIpc) is 2.66. The molecule has 2 aliphatic rings. The van der Waals surface area contributed by atoms with Crippen LogP contribution in [0.25, 0.3) is 0 Å². The minimum atomic E-state index is 0.249. The molecule has 0 fully saturated rings. The molecule has 0 radical (unpaired) electrons. The number of fused-ring (bicyclic) bond motifs is 1. The van der Waals surface area contributed by atoms with Crippen molar-refractivity contribution in [2.24, 2.45) is 0 Å². The molecule has 27 heavy (non-hydrogen) atoms. The molecule has 0 saturated carbocycles. The minimum absolute atomic E-state index is 0.249. The Bertz CT molecular complexity index is 721. The molecule has 0 bridgehead atoms. The van der Waals surface area contributed by atoms with Crippen LogP contribution in [0.4, 0.5) is 0 Å². The summed E-state index contributed by atoms with van der Waals surface area (Å²) in [5.41, 5.74) is 6.43. The van der Waals surface area contributed by atoms with Gasteiger partial charge in [-0.3, -0.25) is 0 Å². The summed E-state index contributed by atoms with van der Waals surface area (Å²) in [7, 11) is 10.9. The van der Waals surface area contributed by atoms with Gasteiger partial charge in [-0.05, 0) is 81.6 Å². The summed E-state index contributed by atoms with van der Waals surface area (Å²) < 4.78 is 4.52. The van der Waals surface area contributed by atoms with Gasteiger partial charge in [-0.15, -0.1) is 0 Å². The number of allylic oxidation sites excluding steroid dienone is 6. The maximum Gasteiger partial charge on any atom is 0.161 e. The lowest BCUT2D eigenvalue weighted by molar-refractivity contribution is 0.511. The Morgan fingerprint density at radius 1 is 1.33 bits per heavy atom. The summed E-state index contributed by atoms with van der Waals surface area (Å²) in [4.78, 5) is 2.15. The summed E-state index contributed by atoms with van der Waals surface area (Å²) >= 11 is 0. The summed E-state index contributed by atoms with van der Waals surface area (Å²) in [6.45, 7) is 6.54. The fourth-order valence-corrected chi connectivity index (χ4v) is 4.08. The van der Waals surface area contributed by atoms with E-state index in [1.807, 2.05) is 13.2 Å². The SMILES string of the molecule is CC/C=C1\C=C(/C)N(P)/C(C)=C(/C=C\NC)CBC2=CN(C)C=CC2N1P. The first-order valence-electron chi connectivity index (χ1n) is 9.50. The highest BCUT2D eigenvalue weighted by Gasteiger charge is 2.23. The van der Waals surface area contributed by atoms with Crippen LogP contribution in [0.3, 0.4) is 0 Å². The van der Waals surface area contributed by atoms with E-state index in [-0.39, 0.29) is 6.04 Å². The number of nitrogens with one attached hydrogen (secondary N) is 1. The van der Waals surface area contributed by atoms with Crippen LogP contribution in [0.1, 0.15) is 27.2 Å². The molecule has 0 aromatic rings. The van der Waals surface area contributed by atoms with Crippen molar-refractivity contribution in [3.63, 3.8) is 0 Å². The van der Waals surface area contributed by atoms with Gasteiger partial charge in [0.05, 0.1) is 6.04 Å². The highest BCUT2D eigenvalue weighted by molar-refractivity contribution is 7.14. The normalized spacial score (nSPS) is 27.7. The molecule has 7 heteroatoms. The van der Waals surface area contributed by atoms with Crippen molar-refractivity contribution in [1.82, 2.24) is 19.6 Å². The van der Waals surface area contributed by atoms with Crippen molar-refractivity contribution in [1.29, 1.82) is 0 Å². The highest BCUT2D eigenvalue weighted by Crippen LogP contribution is 2.31. The second-order valence-corrected chi connectivity index (χ2v) is 8.06. The van der Waals surface area contributed by atoms with Crippen LogP contribution in [-0.2, 0) is 0 Å². The molecule has 2 rings (SSSR count). The van der Waals surface area contributed by atoms with E-state index >= 15 is 0 Å². The van der Waals surface area contributed by atoms with Gasteiger partial charge in [-0.2, -0.15) is 0 Å². The molecule has 146 valence electrons. The lowest BCUT2D eigenvalue weighted by atomic mass is 9.61. The summed E-state index contributed by atoms with van der Waals surface area (Å²) in [5, 5.41) is 3.12. The van der Waals surface area contributed by atoms with Crippen molar-refractivity contribution in [2.45, 2.75) is 39.6 Å². The van der Waals surface area contributed by atoms with Crippen LogP contribution in [0.2, 0.25) is 6.32 Å². The number of rotatable bonds is 3. The molecule has 2 aliphatic heterocycles. The molecule has 2 heterocycles. The van der Waals surface area contributed by atoms with Crippen molar-refractivity contribution in [3.05, 3.63) is 71.0 Å². The first-order chi connectivity index (χ1) is 12.9. The second-order valence-electron chi connectivity index (χ2n) is 6.99. The maximum absolute atomic E-state index is 3.12. The van der Waals surface area contributed by atoms with Crippen LogP contribution < -0.4 is 5.32 Å². The molecule has 3 unspecified atom stereocenters. The van der Waals surface area contributed by atoms with Gasteiger partial charge in [-0.25, -0.2) is 0 Å². The first kappa shape index (κ1) is 21.9. The molecular formula is C20H33BN4P2. The van der Waals surface area contributed by atoms with E-state index in [4.69, 9.17) is 0 Å². The van der Waals surface area contributed by atoms with Crippen LogP contribution in [0, 0.1) is 0 Å². The summed E-state index contributed by atoms with van der Waals surface area (Å²) in [6, 6.07) is 0.249. The molecule has 1 N–H and O–H groups in total. The predicted octanol–water partition coefficient (Wildman–Crippen LogP) is 3.91. The Hall–Kier alpha value is -1.44. The average molecular weight is 402 g/mol. The van der Waals surface area contributed by atoms with Gasteiger partial charge < -0.3 is 19.6 Å². The molecule has 0 spiro atoms. The topological polar surface area (TPSA) is 21.8 Å². The monoisotopic (exact) mass is 402 g/mol. The molecule has 3 atom stereocenters. The van der Waals surface area contributed by atoms with E-state index < -0.39 is 0 Å². The molecule has 0 aliphatic carbocycles. The predicted molar refractivity (Wildman–Crippen MR) is 127 cm³/mol. The minimum Gasteiger partial charge on any atom is -0.394 e. The Morgan fingerprint density at radius 3 is 2.74 bits per heavy atom. The number of hydrogen-bond acceptors (Lipinski definition) is 4. The van der Waals surface area contributed by atoms with Crippen molar-refractivity contribution >= 4 is 26.1 Å². The summed E-state index contributed by atoms with van der Waals surface area (Å²) in [6.07, 6.45) is 17.5. The lowest BCUT2D eigenvalue weighted by Gasteiger charge is -2.34. The number of nitrogens with zero attached hydrogens (tertiary/aromatic N) is 3. The smallest absolute Gasteiger partial charge is 0.161 e. The molecule has 0 aromatic carbocycles. The van der Waals surface area contributed by atoms with Crippen molar-refractivity contribution in [3.8, 4) is 0 Å². The van der Waals surface area contributed by atoms with Gasteiger partial charge in [0.2, 0.25) is 0 Å². The quantitative estimate of drug-likeness (QED) is 0.571. The molecule has 4 nitrogen and oxygen atoms in total. The van der Waals surface area contributed by atoms with Crippen LogP contribution in [0.15, 0.2) is 71.0 Å². The third-order valence-electron chi connectivity index (χ3n) is 4.96. The van der Waals surface area contributed by atoms with Gasteiger partial charge in [0.25, 0.3) is 0 Å². The zero-order valence-corrected chi connectivity index (χ0v) is 19.5. The lowest BCUT2D eigenvalue weighted by Crippen LogP contribution is -2.32. The zero-order chi connectivity index (χ0) is 20.0. The Kier molecular flexibility index (Phi) is 8.26. The standard InChI is InChI=1S/C20H33BN4P2/c1-6-7-18-12-15(2)24(26)16(3)17(8-10-22-4)13-21-19-14-23(5)11-9-20(19)25(18)27/h7-12,14,20-22H,6,13,26-27H2,1-5H3/b10-8-,15-12+,17-16-,18-7+. The second kappa shape index (κ2) is 10.2. The third kappa shape index (κ3) is 5.53. The van der Waals surface area contributed by atoms with E-state index in [2.05, 4.69) is 103 Å². The van der Waals surface area contributed by atoms with Gasteiger partial charge in [0.15, 0.2) is 7.28 Å². The Balaban J connectivity index is 2.56. The fourth-order valence-electron chi connectivity index (χ4n) is 3.36. The Morgan fingerprint density at radius 2 is 2.07 bits per heavy atom. The van der Waals surface area contributed by atoms with Gasteiger partial charge in [0.1, 0.15) is 0 Å². The van der Waals surface area contributed by atoms with Crippen LogP contribution in [-0.4, -0.2) is 41.7 Å². The van der Waals surface area contributed by atoms with Gasteiger partial charge in [0, 0.05) is 37.4 Å². The molecule has 0 aromatic heterocycles. The maximum atomic E-state index is 3.12. The van der Waals surface area contributed by atoms with E-state index in [0.29, 0.717) is 0 Å². The fraction of sp³-hybridized carbons (Fsp3) is 0.400. The van der Waals surface area contributed by atoms with E-state index in [1.54, 1.807) is 0 Å². The largest absolute Gasteiger partial charge is 0.394 e. The van der Waals surface area contributed by atoms with Gasteiger partial charge >= 0.3 is 0 Å². The molecular weight excluding hydrogens is 369 g/mol. The van der Waals surface area contributed by atoms with E-state index in [0.717, 1.165) is 20.0 Å². The Labute approximate surface area is 170 Å². The zero-order valence-electron chi connectivity index (χ0n) is 17.2. The first-order valence-corrected chi connectivity index (χ1v) is 10.5. The van der Waals surface area contributed by atoms with E-state index in [1.165, 1.54) is 28.1 Å². The third-order valence-corrected chi connectivity index (χ3v) is 6.37. The van der Waals surface area contributed by atoms with Crippen molar-refractivity contribution in [2.75, 3.05) is 14.1 Å². The molecule has 0 amide bonds. The van der Waals surface area contributed by atoms with Gasteiger partial charge in [-0.1, -0.05) is 18.5 Å². The number of hydrogen-bond donors (Lipinski definition) is 1. The van der Waals surface area contributed by atoms with Crippen molar-refractivity contribution < 1.29 is 0 Å².